The zero-order valence-corrected chi connectivity index (χ0v) is 18.5. The minimum absolute atomic E-state index is 0.0895. The third-order valence-corrected chi connectivity index (χ3v) is 6.05. The minimum atomic E-state index is -0.430. The fourth-order valence-electron chi connectivity index (χ4n) is 4.06. The van der Waals surface area contributed by atoms with Crippen molar-refractivity contribution in [3.63, 3.8) is 0 Å². The predicted molar refractivity (Wildman–Crippen MR) is 133 cm³/mol. The topological polar surface area (TPSA) is 74.8 Å². The molecule has 0 spiro atoms. The van der Waals surface area contributed by atoms with E-state index in [0.29, 0.717) is 11.2 Å². The molecular formula is C28H23N3O2. The van der Waals surface area contributed by atoms with Crippen molar-refractivity contribution in [2.75, 3.05) is 5.32 Å². The molecule has 0 radical (unpaired) electrons. The van der Waals surface area contributed by atoms with Crippen molar-refractivity contribution in [1.29, 1.82) is 0 Å². The Bertz CT molecular complexity index is 1570. The molecule has 0 atom stereocenters. The first-order valence-electron chi connectivity index (χ1n) is 10.8. The van der Waals surface area contributed by atoms with E-state index in [4.69, 9.17) is 0 Å². The number of H-pyrrole nitrogens is 1. The van der Waals surface area contributed by atoms with Gasteiger partial charge in [-0.3, -0.25) is 14.6 Å². The van der Waals surface area contributed by atoms with E-state index in [0.717, 1.165) is 28.3 Å². The molecule has 0 fully saturated rings. The first kappa shape index (κ1) is 20.6. The fourth-order valence-corrected chi connectivity index (χ4v) is 4.06. The molecule has 5 rings (SSSR count). The Hall–Kier alpha value is -4.25. The lowest BCUT2D eigenvalue weighted by molar-refractivity contribution is 0.102. The van der Waals surface area contributed by atoms with Crippen LogP contribution in [0.1, 0.15) is 32.6 Å². The van der Waals surface area contributed by atoms with Crippen molar-refractivity contribution < 1.29 is 4.79 Å². The summed E-state index contributed by atoms with van der Waals surface area (Å²) in [5.74, 6) is -0.430. The molecular weight excluding hydrogens is 410 g/mol. The second-order valence-electron chi connectivity index (χ2n) is 8.35. The Labute approximate surface area is 191 Å². The molecule has 0 saturated carbocycles. The molecule has 0 unspecified atom stereocenters. The number of rotatable bonds is 4. The summed E-state index contributed by atoms with van der Waals surface area (Å²) in [6, 6.07) is 23.1. The van der Waals surface area contributed by atoms with E-state index < -0.39 is 11.5 Å². The van der Waals surface area contributed by atoms with Gasteiger partial charge in [0.15, 0.2) is 0 Å². The maximum absolute atomic E-state index is 12.7. The van der Waals surface area contributed by atoms with Crippen molar-refractivity contribution in [2.24, 2.45) is 0 Å². The number of hydrogen-bond acceptors (Lipinski definition) is 3. The van der Waals surface area contributed by atoms with E-state index in [9.17, 15) is 9.59 Å². The summed E-state index contributed by atoms with van der Waals surface area (Å²) >= 11 is 0. The molecule has 0 saturated heterocycles. The van der Waals surface area contributed by atoms with E-state index in [1.54, 1.807) is 6.07 Å². The second kappa shape index (κ2) is 8.36. The maximum atomic E-state index is 12.7. The molecule has 2 heterocycles. The van der Waals surface area contributed by atoms with Gasteiger partial charge in [0, 0.05) is 22.8 Å². The monoisotopic (exact) mass is 433 g/mol. The summed E-state index contributed by atoms with van der Waals surface area (Å²) in [6.07, 6.45) is 2.61. The van der Waals surface area contributed by atoms with Crippen molar-refractivity contribution in [2.45, 2.75) is 20.3 Å². The number of carbonyl (C=O) groups is 1. The van der Waals surface area contributed by atoms with Gasteiger partial charge in [-0.15, -0.1) is 0 Å². The van der Waals surface area contributed by atoms with Gasteiger partial charge in [-0.1, -0.05) is 30.3 Å². The van der Waals surface area contributed by atoms with Crippen LogP contribution in [-0.2, 0) is 6.42 Å². The Morgan fingerprint density at radius 2 is 1.70 bits per heavy atom. The number of aryl methyl sites for hydroxylation is 2. The van der Waals surface area contributed by atoms with Crippen molar-refractivity contribution in [1.82, 2.24) is 9.97 Å². The van der Waals surface area contributed by atoms with Crippen LogP contribution in [0, 0.1) is 13.8 Å². The third kappa shape index (κ3) is 4.13. The van der Waals surface area contributed by atoms with Crippen LogP contribution in [0.5, 0.6) is 0 Å². The zero-order chi connectivity index (χ0) is 22.9. The van der Waals surface area contributed by atoms with E-state index in [2.05, 4.69) is 47.3 Å². The molecule has 162 valence electrons. The first-order chi connectivity index (χ1) is 16.0. The van der Waals surface area contributed by atoms with Gasteiger partial charge in [-0.25, -0.2) is 0 Å². The number of aromatic nitrogens is 2. The Kier molecular flexibility index (Phi) is 5.23. The highest BCUT2D eigenvalue weighted by atomic mass is 16.2. The number of pyridine rings is 2. The highest BCUT2D eigenvalue weighted by molar-refractivity contribution is 6.05. The lowest BCUT2D eigenvalue weighted by atomic mass is 9.98. The van der Waals surface area contributed by atoms with Crippen LogP contribution < -0.4 is 10.9 Å². The van der Waals surface area contributed by atoms with Crippen molar-refractivity contribution in [3.05, 3.63) is 117 Å². The molecule has 2 N–H and O–H groups in total. The Morgan fingerprint density at radius 3 is 2.52 bits per heavy atom. The summed E-state index contributed by atoms with van der Waals surface area (Å²) in [7, 11) is 0. The highest BCUT2D eigenvalue weighted by Crippen LogP contribution is 2.24. The molecule has 5 aromatic rings. The van der Waals surface area contributed by atoms with Gasteiger partial charge in [-0.05, 0) is 90.4 Å². The van der Waals surface area contributed by atoms with Crippen LogP contribution in [0.15, 0.2) is 83.8 Å². The van der Waals surface area contributed by atoms with Crippen LogP contribution in [0.25, 0.3) is 21.8 Å². The summed E-state index contributed by atoms with van der Waals surface area (Å²) < 4.78 is 0. The summed E-state index contributed by atoms with van der Waals surface area (Å²) in [5.41, 5.74) is 6.85. The number of para-hydroxylation sites is 1. The Morgan fingerprint density at radius 1 is 0.939 bits per heavy atom. The van der Waals surface area contributed by atoms with E-state index in [1.165, 1.54) is 16.7 Å². The molecule has 3 aromatic carbocycles. The number of nitrogens with zero attached hydrogens (tertiary/aromatic N) is 1. The Balaban J connectivity index is 1.36. The number of anilines is 1. The molecule has 5 nitrogen and oxygen atoms in total. The second-order valence-corrected chi connectivity index (χ2v) is 8.35. The zero-order valence-electron chi connectivity index (χ0n) is 18.5. The molecule has 0 aliphatic heterocycles. The quantitative estimate of drug-likeness (QED) is 0.391. The third-order valence-electron chi connectivity index (χ3n) is 6.05. The van der Waals surface area contributed by atoms with Gasteiger partial charge in [0.25, 0.3) is 11.5 Å². The standard InChI is InChI=1S/C28H23N3O2/c1-17-13-23-20(11-12-29-26(23)14-18(17)2)15-19-7-9-22(10-8-19)30-27(32)24-16-21-5-3-4-6-25(21)31-28(24)33/h3-14,16H,15H2,1-2H3,(H,30,32)(H,31,33). The number of fused-ring (bicyclic) bond motifs is 2. The lowest BCUT2D eigenvalue weighted by Gasteiger charge is -2.10. The first-order valence-corrected chi connectivity index (χ1v) is 10.8. The number of amides is 1. The molecule has 0 bridgehead atoms. The molecule has 2 aromatic heterocycles. The van der Waals surface area contributed by atoms with Gasteiger partial charge in [0.2, 0.25) is 0 Å². The van der Waals surface area contributed by atoms with Gasteiger partial charge < -0.3 is 10.3 Å². The fraction of sp³-hybridized carbons (Fsp3) is 0.107. The largest absolute Gasteiger partial charge is 0.322 e. The van der Waals surface area contributed by atoms with E-state index >= 15 is 0 Å². The average Bonchev–Trinajstić information content (AvgIpc) is 2.81. The van der Waals surface area contributed by atoms with Gasteiger partial charge >= 0.3 is 0 Å². The van der Waals surface area contributed by atoms with Crippen LogP contribution in [-0.4, -0.2) is 15.9 Å². The minimum Gasteiger partial charge on any atom is -0.322 e. The molecule has 33 heavy (non-hydrogen) atoms. The van der Waals surface area contributed by atoms with Crippen molar-refractivity contribution >= 4 is 33.4 Å². The smallest absolute Gasteiger partial charge is 0.261 e. The number of hydrogen-bond donors (Lipinski definition) is 2. The van der Waals surface area contributed by atoms with Crippen molar-refractivity contribution in [3.8, 4) is 0 Å². The van der Waals surface area contributed by atoms with E-state index in [-0.39, 0.29) is 5.56 Å². The summed E-state index contributed by atoms with van der Waals surface area (Å²) in [5, 5.41) is 4.80. The van der Waals surface area contributed by atoms with Crippen LogP contribution in [0.2, 0.25) is 0 Å². The molecule has 0 aliphatic rings. The molecule has 0 aliphatic carbocycles. The highest BCUT2D eigenvalue weighted by Gasteiger charge is 2.12. The molecule has 1 amide bonds. The van der Waals surface area contributed by atoms with Gasteiger partial charge in [0.1, 0.15) is 5.56 Å². The average molecular weight is 434 g/mol. The number of aromatic amines is 1. The maximum Gasteiger partial charge on any atom is 0.261 e. The number of benzene rings is 3. The summed E-state index contributed by atoms with van der Waals surface area (Å²) in [4.78, 5) is 32.3. The van der Waals surface area contributed by atoms with Gasteiger partial charge in [0.05, 0.1) is 5.52 Å². The summed E-state index contributed by atoms with van der Waals surface area (Å²) in [6.45, 7) is 4.21. The van der Waals surface area contributed by atoms with Crippen LogP contribution in [0.3, 0.4) is 0 Å². The molecule has 5 heteroatoms. The van der Waals surface area contributed by atoms with Crippen LogP contribution >= 0.6 is 0 Å². The lowest BCUT2D eigenvalue weighted by Crippen LogP contribution is -2.23. The normalized spacial score (nSPS) is 11.1. The van der Waals surface area contributed by atoms with Crippen LogP contribution in [0.4, 0.5) is 5.69 Å². The number of carbonyl (C=O) groups excluding carboxylic acids is 1. The van der Waals surface area contributed by atoms with E-state index in [1.807, 2.05) is 54.7 Å². The van der Waals surface area contributed by atoms with Gasteiger partial charge in [-0.2, -0.15) is 0 Å². The number of nitrogens with one attached hydrogen (secondary N) is 2. The predicted octanol–water partition coefficient (Wildman–Crippen LogP) is 5.54. The SMILES string of the molecule is Cc1cc2nccc(Cc3ccc(NC(=O)c4cc5ccccc5[nH]c4=O)cc3)c2cc1C.